The van der Waals surface area contributed by atoms with Gasteiger partial charge in [0.2, 0.25) is 11.4 Å². The number of carbonyl (C=O) groups is 3. The Morgan fingerprint density at radius 1 is 1.16 bits per heavy atom. The van der Waals surface area contributed by atoms with E-state index in [1.165, 1.54) is 27.4 Å². The van der Waals surface area contributed by atoms with Crippen LogP contribution in [0.5, 0.6) is 17.2 Å². The number of esters is 1. The number of Topliss-reactive ketones (excluding diaryl/α,β-unsaturated/α-hetero) is 2. The molecule has 1 spiro atoms. The number of fused-ring (bicyclic) bond motifs is 1. The highest BCUT2D eigenvalue weighted by molar-refractivity contribution is 6.35. The highest BCUT2D eigenvalue weighted by atomic mass is 35.5. The molecule has 0 saturated heterocycles. The van der Waals surface area contributed by atoms with E-state index in [9.17, 15) is 24.3 Å². The fraction of sp³-hybridized carbons (Fsp3) is 0.375. The van der Waals surface area contributed by atoms with E-state index < -0.39 is 47.2 Å². The number of benzene rings is 2. The van der Waals surface area contributed by atoms with Gasteiger partial charge in [-0.2, -0.15) is 0 Å². The Kier molecular flexibility index (Phi) is 7.00. The Morgan fingerprint density at radius 3 is 2.60 bits per heavy atom. The fourth-order valence-electron chi connectivity index (χ4n) is 6.79. The number of nitrogens with zero attached hydrogens (tertiary/aromatic N) is 1. The number of methoxy groups -OCH3 is 3. The minimum atomic E-state index is -2.06. The van der Waals surface area contributed by atoms with Crippen LogP contribution in [0.4, 0.5) is 0 Å². The Hall–Kier alpha value is -4.31. The van der Waals surface area contributed by atoms with Gasteiger partial charge in [-0.15, -0.1) is 0 Å². The van der Waals surface area contributed by atoms with E-state index in [1.807, 2.05) is 18.2 Å². The maximum absolute atomic E-state index is 14.2. The summed E-state index contributed by atoms with van der Waals surface area (Å²) in [5, 5.41) is 12.8. The molecule has 11 heteroatoms. The number of allylic oxidation sites excluding steroid dienone is 1. The van der Waals surface area contributed by atoms with E-state index in [-0.39, 0.29) is 51.0 Å². The Bertz CT molecular complexity index is 1820. The lowest BCUT2D eigenvalue weighted by molar-refractivity contribution is -0.140. The molecule has 0 unspecified atom stereocenters. The van der Waals surface area contributed by atoms with Gasteiger partial charge >= 0.3 is 5.97 Å². The number of aliphatic hydroxyl groups is 1. The third kappa shape index (κ3) is 4.06. The minimum absolute atomic E-state index is 0.00392. The molecular formula is C32H30ClNO9. The van der Waals surface area contributed by atoms with E-state index >= 15 is 0 Å². The van der Waals surface area contributed by atoms with Crippen LogP contribution >= 0.6 is 11.6 Å². The van der Waals surface area contributed by atoms with Crippen molar-refractivity contribution in [3.05, 3.63) is 73.7 Å². The van der Waals surface area contributed by atoms with Crippen LogP contribution in [-0.2, 0) is 27.3 Å². The number of aryl methyl sites for hydroxylation is 2. The van der Waals surface area contributed by atoms with Crippen LogP contribution < -0.4 is 19.8 Å². The lowest BCUT2D eigenvalue weighted by atomic mass is 9.69. The zero-order chi connectivity index (χ0) is 30.8. The highest BCUT2D eigenvalue weighted by Crippen LogP contribution is 2.55. The summed E-state index contributed by atoms with van der Waals surface area (Å²) >= 11 is 6.56. The molecule has 2 aromatic carbocycles. The molecule has 0 amide bonds. The lowest BCUT2D eigenvalue weighted by Gasteiger charge is -2.38. The average molecular weight is 608 g/mol. The SMILES string of the molecule is COC(=O)C[C@@H](C1=C(O)[C@@]2(Oc3c(Cl)c(OC)cc(OC)c3C2=O)[C@H](C)CC1=O)c1cc2cccc3c2n(c1=O)CCC3. The van der Waals surface area contributed by atoms with Crippen LogP contribution in [0.25, 0.3) is 10.9 Å². The summed E-state index contributed by atoms with van der Waals surface area (Å²) < 4.78 is 23.6. The van der Waals surface area contributed by atoms with Crippen molar-refractivity contribution in [2.24, 2.45) is 5.92 Å². The molecule has 0 saturated carbocycles. The molecule has 0 fully saturated rings. The summed E-state index contributed by atoms with van der Waals surface area (Å²) in [5.74, 6) is -4.35. The molecule has 2 aliphatic heterocycles. The van der Waals surface area contributed by atoms with Gasteiger partial charge in [-0.1, -0.05) is 36.7 Å². The number of hydrogen-bond acceptors (Lipinski definition) is 9. The van der Waals surface area contributed by atoms with Crippen molar-refractivity contribution >= 4 is 40.0 Å². The zero-order valence-corrected chi connectivity index (χ0v) is 24.9. The summed E-state index contributed by atoms with van der Waals surface area (Å²) in [5.41, 5.74) is -0.724. The largest absolute Gasteiger partial charge is 0.507 e. The number of halogens is 1. The summed E-state index contributed by atoms with van der Waals surface area (Å²) in [6, 6.07) is 8.83. The summed E-state index contributed by atoms with van der Waals surface area (Å²) in [6.45, 7) is 2.07. The van der Waals surface area contributed by atoms with Crippen molar-refractivity contribution < 1.29 is 38.4 Å². The normalized spacial score (nSPS) is 21.6. The Labute approximate surface area is 251 Å². The number of ether oxygens (including phenoxy) is 4. The number of aliphatic hydroxyl groups excluding tert-OH is 1. The first-order chi connectivity index (χ1) is 20.6. The highest BCUT2D eigenvalue weighted by Gasteiger charge is 2.61. The molecular weight excluding hydrogens is 578 g/mol. The van der Waals surface area contributed by atoms with Crippen LogP contribution in [0.2, 0.25) is 5.02 Å². The topological polar surface area (TPSA) is 130 Å². The van der Waals surface area contributed by atoms with E-state index in [0.717, 1.165) is 29.3 Å². The van der Waals surface area contributed by atoms with Gasteiger partial charge < -0.3 is 28.6 Å². The van der Waals surface area contributed by atoms with Crippen LogP contribution in [0, 0.1) is 5.92 Å². The van der Waals surface area contributed by atoms with Crippen LogP contribution in [-0.4, -0.2) is 54.1 Å². The molecule has 10 nitrogen and oxygen atoms in total. The third-order valence-electron chi connectivity index (χ3n) is 8.89. The number of ketones is 2. The van der Waals surface area contributed by atoms with Gasteiger partial charge in [0.25, 0.3) is 5.56 Å². The van der Waals surface area contributed by atoms with Gasteiger partial charge in [-0.3, -0.25) is 19.2 Å². The number of aromatic nitrogens is 1. The first kappa shape index (κ1) is 28.8. The number of carbonyl (C=O) groups excluding carboxylic acids is 3. The molecule has 3 heterocycles. The predicted molar refractivity (Wildman–Crippen MR) is 157 cm³/mol. The van der Waals surface area contributed by atoms with E-state index in [4.69, 9.17) is 30.5 Å². The van der Waals surface area contributed by atoms with Gasteiger partial charge in [0.1, 0.15) is 22.1 Å². The van der Waals surface area contributed by atoms with Crippen molar-refractivity contribution in [1.82, 2.24) is 4.57 Å². The summed E-state index contributed by atoms with van der Waals surface area (Å²) in [6.07, 6.45) is 0.937. The van der Waals surface area contributed by atoms with Gasteiger partial charge in [0.05, 0.1) is 33.3 Å². The maximum atomic E-state index is 14.2. The number of rotatable bonds is 6. The van der Waals surface area contributed by atoms with Gasteiger partial charge in [0, 0.05) is 42.0 Å². The molecule has 0 bridgehead atoms. The molecule has 6 rings (SSSR count). The summed E-state index contributed by atoms with van der Waals surface area (Å²) in [7, 11) is 3.96. The number of hydrogen-bond donors (Lipinski definition) is 1. The maximum Gasteiger partial charge on any atom is 0.306 e. The van der Waals surface area contributed by atoms with Crippen molar-refractivity contribution in [3.63, 3.8) is 0 Å². The standard InChI is InChI=1S/C32H30ClNO9/c1-15-11-20(35)24(29(37)32(15)30(38)25-21(40-2)14-22(41-3)26(33)28(25)43-32)18(13-23(36)42-4)19-12-17-8-5-7-16-9-6-10-34(27(16)17)31(19)39/h5,7-8,12,14-15,18,37H,6,9-11,13H2,1-4H3/t15-,18-,32+/m1/s1. The minimum Gasteiger partial charge on any atom is -0.507 e. The smallest absolute Gasteiger partial charge is 0.306 e. The van der Waals surface area contributed by atoms with Crippen molar-refractivity contribution in [2.45, 2.75) is 50.7 Å². The Morgan fingerprint density at radius 2 is 1.91 bits per heavy atom. The van der Waals surface area contributed by atoms with Crippen molar-refractivity contribution in [3.8, 4) is 17.2 Å². The lowest BCUT2D eigenvalue weighted by Crippen LogP contribution is -2.53. The van der Waals surface area contributed by atoms with Crippen molar-refractivity contribution in [2.75, 3.05) is 21.3 Å². The molecule has 1 aliphatic carbocycles. The monoisotopic (exact) mass is 607 g/mol. The quantitative estimate of drug-likeness (QED) is 0.396. The number of pyridine rings is 1. The van der Waals surface area contributed by atoms with Crippen LogP contribution in [0.15, 0.2) is 46.5 Å². The molecule has 3 aliphatic rings. The van der Waals surface area contributed by atoms with Gasteiger partial charge in [-0.05, 0) is 29.9 Å². The predicted octanol–water partition coefficient (Wildman–Crippen LogP) is 4.70. The molecule has 1 aromatic heterocycles. The molecule has 224 valence electrons. The zero-order valence-electron chi connectivity index (χ0n) is 24.1. The molecule has 3 atom stereocenters. The van der Waals surface area contributed by atoms with Crippen LogP contribution in [0.1, 0.15) is 53.6 Å². The second-order valence-corrected chi connectivity index (χ2v) is 11.5. The molecule has 1 N–H and O–H groups in total. The summed E-state index contributed by atoms with van der Waals surface area (Å²) in [4.78, 5) is 54.8. The average Bonchev–Trinajstić information content (AvgIpc) is 3.32. The van der Waals surface area contributed by atoms with Crippen LogP contribution in [0.3, 0.4) is 0 Å². The number of para-hydroxylation sites is 1. The third-order valence-corrected chi connectivity index (χ3v) is 9.24. The Balaban J connectivity index is 1.61. The van der Waals surface area contributed by atoms with Gasteiger partial charge in [-0.25, -0.2) is 0 Å². The van der Waals surface area contributed by atoms with E-state index in [1.54, 1.807) is 17.6 Å². The van der Waals surface area contributed by atoms with E-state index in [2.05, 4.69) is 0 Å². The fourth-order valence-corrected chi connectivity index (χ4v) is 7.06. The first-order valence-electron chi connectivity index (χ1n) is 14.0. The molecule has 0 radical (unpaired) electrons. The first-order valence-corrected chi connectivity index (χ1v) is 14.3. The second kappa shape index (κ2) is 10.4. The van der Waals surface area contributed by atoms with E-state index in [0.29, 0.717) is 6.54 Å². The van der Waals surface area contributed by atoms with Crippen molar-refractivity contribution in [1.29, 1.82) is 0 Å². The second-order valence-electron chi connectivity index (χ2n) is 11.1. The molecule has 43 heavy (non-hydrogen) atoms. The van der Waals surface area contributed by atoms with Gasteiger partial charge in [0.15, 0.2) is 17.3 Å². The molecule has 3 aromatic rings.